The summed E-state index contributed by atoms with van der Waals surface area (Å²) in [4.78, 5) is 27.7. The number of hydrogen-bond donors (Lipinski definition) is 1. The molecule has 1 N–H and O–H groups in total. The number of nitrogens with zero attached hydrogens (tertiary/aromatic N) is 1. The molecule has 0 saturated carbocycles. The minimum Gasteiger partial charge on any atom is -0.306 e. The SMILES string of the molecule is C[C@@H]1N[C@H](C)C(CCCN2C(=O)c3ccccc3C2=O)c2ccsc21. The van der Waals surface area contributed by atoms with Crippen LogP contribution in [0.2, 0.25) is 0 Å². The van der Waals surface area contributed by atoms with E-state index in [0.717, 1.165) is 12.8 Å². The van der Waals surface area contributed by atoms with Crippen molar-refractivity contribution in [3.63, 3.8) is 0 Å². The summed E-state index contributed by atoms with van der Waals surface area (Å²) in [6, 6.07) is 10.1. The Morgan fingerprint density at radius 2 is 1.76 bits per heavy atom. The molecule has 0 fully saturated rings. The largest absolute Gasteiger partial charge is 0.306 e. The van der Waals surface area contributed by atoms with Crippen molar-refractivity contribution in [2.24, 2.45) is 0 Å². The third-order valence-electron chi connectivity index (χ3n) is 5.41. The number of fused-ring (bicyclic) bond motifs is 2. The third-order valence-corrected chi connectivity index (χ3v) is 6.53. The van der Waals surface area contributed by atoms with Gasteiger partial charge < -0.3 is 5.32 Å². The highest BCUT2D eigenvalue weighted by Gasteiger charge is 2.35. The van der Waals surface area contributed by atoms with Crippen molar-refractivity contribution in [2.75, 3.05) is 6.54 Å². The van der Waals surface area contributed by atoms with E-state index in [1.165, 1.54) is 15.3 Å². The molecule has 0 radical (unpaired) electrons. The van der Waals surface area contributed by atoms with Crippen LogP contribution in [-0.2, 0) is 0 Å². The number of carbonyl (C=O) groups is 2. The second kappa shape index (κ2) is 6.39. The van der Waals surface area contributed by atoms with Gasteiger partial charge in [-0.05, 0) is 55.8 Å². The summed E-state index contributed by atoms with van der Waals surface area (Å²) < 4.78 is 0. The van der Waals surface area contributed by atoms with Gasteiger partial charge in [-0.2, -0.15) is 0 Å². The monoisotopic (exact) mass is 354 g/mol. The fraction of sp³-hybridized carbons (Fsp3) is 0.400. The number of benzene rings is 1. The molecule has 0 bridgehead atoms. The van der Waals surface area contributed by atoms with Gasteiger partial charge in [0.25, 0.3) is 11.8 Å². The van der Waals surface area contributed by atoms with E-state index in [-0.39, 0.29) is 11.8 Å². The van der Waals surface area contributed by atoms with Gasteiger partial charge in [-0.3, -0.25) is 14.5 Å². The Labute approximate surface area is 151 Å². The van der Waals surface area contributed by atoms with Gasteiger partial charge >= 0.3 is 0 Å². The molecule has 2 aliphatic rings. The van der Waals surface area contributed by atoms with Crippen LogP contribution < -0.4 is 5.32 Å². The lowest BCUT2D eigenvalue weighted by Crippen LogP contribution is -2.39. The molecule has 3 atom stereocenters. The lowest BCUT2D eigenvalue weighted by molar-refractivity contribution is 0.0650. The van der Waals surface area contributed by atoms with E-state index in [1.54, 1.807) is 12.1 Å². The number of thiophene rings is 1. The van der Waals surface area contributed by atoms with Crippen molar-refractivity contribution >= 4 is 23.2 Å². The zero-order chi connectivity index (χ0) is 17.6. The van der Waals surface area contributed by atoms with E-state index in [9.17, 15) is 9.59 Å². The first-order chi connectivity index (χ1) is 12.1. The molecular formula is C20H22N2O2S. The molecule has 2 aromatic rings. The zero-order valence-corrected chi connectivity index (χ0v) is 15.3. The van der Waals surface area contributed by atoms with Gasteiger partial charge in [0.1, 0.15) is 0 Å². The first-order valence-corrected chi connectivity index (χ1v) is 9.74. The van der Waals surface area contributed by atoms with Crippen LogP contribution >= 0.6 is 11.3 Å². The average molecular weight is 354 g/mol. The van der Waals surface area contributed by atoms with E-state index in [1.807, 2.05) is 23.5 Å². The van der Waals surface area contributed by atoms with Crippen LogP contribution in [-0.4, -0.2) is 29.3 Å². The Morgan fingerprint density at radius 3 is 2.44 bits per heavy atom. The molecule has 1 unspecified atom stereocenters. The van der Waals surface area contributed by atoms with Crippen LogP contribution in [0.1, 0.15) is 69.8 Å². The molecule has 5 heteroatoms. The molecule has 130 valence electrons. The Morgan fingerprint density at radius 1 is 1.08 bits per heavy atom. The summed E-state index contributed by atoms with van der Waals surface area (Å²) in [6.45, 7) is 4.93. The van der Waals surface area contributed by atoms with Crippen LogP contribution in [0.3, 0.4) is 0 Å². The second-order valence-corrected chi connectivity index (χ2v) is 7.92. The average Bonchev–Trinajstić information content (AvgIpc) is 3.18. The van der Waals surface area contributed by atoms with Crippen LogP contribution in [0.25, 0.3) is 0 Å². The summed E-state index contributed by atoms with van der Waals surface area (Å²) in [6.07, 6.45) is 1.80. The predicted molar refractivity (Wildman–Crippen MR) is 99.1 cm³/mol. The molecule has 2 aliphatic heterocycles. The van der Waals surface area contributed by atoms with Gasteiger partial charge in [-0.1, -0.05) is 12.1 Å². The van der Waals surface area contributed by atoms with E-state index < -0.39 is 0 Å². The fourth-order valence-electron chi connectivity index (χ4n) is 4.16. The molecule has 2 amide bonds. The fourth-order valence-corrected chi connectivity index (χ4v) is 5.15. The van der Waals surface area contributed by atoms with Gasteiger partial charge in [0, 0.05) is 29.4 Å². The molecule has 4 rings (SSSR count). The molecule has 0 aliphatic carbocycles. The number of rotatable bonds is 4. The van der Waals surface area contributed by atoms with Crippen LogP contribution in [0.5, 0.6) is 0 Å². The van der Waals surface area contributed by atoms with Gasteiger partial charge in [-0.25, -0.2) is 0 Å². The second-order valence-electron chi connectivity index (χ2n) is 6.97. The summed E-state index contributed by atoms with van der Waals surface area (Å²) >= 11 is 1.81. The highest BCUT2D eigenvalue weighted by Crippen LogP contribution is 2.39. The van der Waals surface area contributed by atoms with E-state index in [2.05, 4.69) is 30.6 Å². The smallest absolute Gasteiger partial charge is 0.261 e. The molecule has 0 saturated heterocycles. The first-order valence-electron chi connectivity index (χ1n) is 8.86. The van der Waals surface area contributed by atoms with Gasteiger partial charge in [0.15, 0.2) is 0 Å². The molecule has 25 heavy (non-hydrogen) atoms. The number of carbonyl (C=O) groups excluding carboxylic acids is 2. The quantitative estimate of drug-likeness (QED) is 0.846. The summed E-state index contributed by atoms with van der Waals surface area (Å²) in [7, 11) is 0. The molecular weight excluding hydrogens is 332 g/mol. The van der Waals surface area contributed by atoms with Gasteiger partial charge in [0.05, 0.1) is 11.1 Å². The van der Waals surface area contributed by atoms with Crippen LogP contribution in [0.15, 0.2) is 35.7 Å². The standard InChI is InChI=1S/C20H22N2O2S/c1-12-14(15-9-11-25-18(15)13(2)21-12)8-5-10-22-19(23)16-6-3-4-7-17(16)20(22)24/h3-4,6-7,9,11-14,21H,5,8,10H2,1-2H3/t12-,13+,14?/m1/s1. The Hall–Kier alpha value is -1.98. The minimum atomic E-state index is -0.153. The summed E-state index contributed by atoms with van der Waals surface area (Å²) in [5.41, 5.74) is 2.51. The van der Waals surface area contributed by atoms with Crippen molar-refractivity contribution in [3.05, 3.63) is 57.3 Å². The van der Waals surface area contributed by atoms with Crippen molar-refractivity contribution in [3.8, 4) is 0 Å². The lowest BCUT2D eigenvalue weighted by atomic mass is 9.84. The van der Waals surface area contributed by atoms with Crippen LogP contribution in [0.4, 0.5) is 0 Å². The van der Waals surface area contributed by atoms with Crippen LogP contribution in [0, 0.1) is 0 Å². The topological polar surface area (TPSA) is 49.4 Å². The number of hydrogen-bond acceptors (Lipinski definition) is 4. The van der Waals surface area contributed by atoms with E-state index >= 15 is 0 Å². The number of amides is 2. The molecule has 1 aromatic carbocycles. The molecule has 3 heterocycles. The Bertz CT molecular complexity index is 794. The minimum absolute atomic E-state index is 0.153. The maximum Gasteiger partial charge on any atom is 0.261 e. The zero-order valence-electron chi connectivity index (χ0n) is 14.5. The Kier molecular flexibility index (Phi) is 4.21. The Balaban J connectivity index is 1.43. The van der Waals surface area contributed by atoms with Crippen molar-refractivity contribution < 1.29 is 9.59 Å². The molecule has 4 nitrogen and oxygen atoms in total. The highest BCUT2D eigenvalue weighted by molar-refractivity contribution is 7.10. The van der Waals surface area contributed by atoms with Crippen molar-refractivity contribution in [1.29, 1.82) is 0 Å². The van der Waals surface area contributed by atoms with E-state index in [4.69, 9.17) is 0 Å². The lowest BCUT2D eigenvalue weighted by Gasteiger charge is -2.34. The molecule has 0 spiro atoms. The first kappa shape index (κ1) is 16.5. The third kappa shape index (κ3) is 2.71. The number of nitrogens with one attached hydrogen (secondary N) is 1. The summed E-state index contributed by atoms with van der Waals surface area (Å²) in [5, 5.41) is 5.81. The highest BCUT2D eigenvalue weighted by atomic mass is 32.1. The maximum absolute atomic E-state index is 12.4. The molecule has 1 aromatic heterocycles. The maximum atomic E-state index is 12.4. The summed E-state index contributed by atoms with van der Waals surface area (Å²) in [5.74, 6) is 0.133. The van der Waals surface area contributed by atoms with Crippen molar-refractivity contribution in [1.82, 2.24) is 10.2 Å². The normalized spacial score (nSPS) is 25.2. The van der Waals surface area contributed by atoms with Gasteiger partial charge in [-0.15, -0.1) is 11.3 Å². The van der Waals surface area contributed by atoms with Crippen molar-refractivity contribution in [2.45, 2.75) is 44.7 Å². The van der Waals surface area contributed by atoms with Gasteiger partial charge in [0.2, 0.25) is 0 Å². The van der Waals surface area contributed by atoms with E-state index in [0.29, 0.717) is 35.7 Å². The predicted octanol–water partition coefficient (Wildman–Crippen LogP) is 3.96. The number of imide groups is 1.